The molecule has 2 amide bonds. The van der Waals surface area contributed by atoms with Crippen LogP contribution in [0.2, 0.25) is 0 Å². The van der Waals surface area contributed by atoms with Crippen molar-refractivity contribution >= 4 is 41.8 Å². The number of carbonyl (C=O) groups excluding carboxylic acids is 2. The summed E-state index contributed by atoms with van der Waals surface area (Å²) in [6.45, 7) is 5.52. The van der Waals surface area contributed by atoms with Gasteiger partial charge in [-0.3, -0.25) is 9.59 Å². The minimum atomic E-state index is -0.506. The van der Waals surface area contributed by atoms with Crippen LogP contribution in [0.5, 0.6) is 5.75 Å². The number of guanidine groups is 1. The monoisotopic (exact) mass is 531 g/mol. The zero-order valence-electron chi connectivity index (χ0n) is 17.7. The van der Waals surface area contributed by atoms with Crippen molar-refractivity contribution in [3.05, 3.63) is 29.8 Å². The molecule has 1 aliphatic rings. The first-order valence-corrected chi connectivity index (χ1v) is 10.4. The number of carbonyl (C=O) groups is 2. The van der Waals surface area contributed by atoms with Gasteiger partial charge in [-0.05, 0) is 43.9 Å². The number of aliphatic imine (C=N–C) groups is 1. The van der Waals surface area contributed by atoms with E-state index in [-0.39, 0.29) is 36.5 Å². The van der Waals surface area contributed by atoms with Crippen LogP contribution in [0.25, 0.3) is 0 Å². The Kier molecular flexibility index (Phi) is 12.9. The second-order valence-corrected chi connectivity index (χ2v) is 7.07. The Labute approximate surface area is 196 Å². The maximum Gasteiger partial charge on any atom is 0.255 e. The lowest BCUT2D eigenvalue weighted by atomic mass is 10.2. The molecule has 0 spiro atoms. The Morgan fingerprint density at radius 3 is 2.87 bits per heavy atom. The summed E-state index contributed by atoms with van der Waals surface area (Å²) in [6, 6.07) is 7.44. The summed E-state index contributed by atoms with van der Waals surface area (Å²) in [5, 5.41) is 6.55. The van der Waals surface area contributed by atoms with Crippen molar-refractivity contribution in [2.45, 2.75) is 45.6 Å². The minimum absolute atomic E-state index is 0. The molecule has 1 fully saturated rings. The van der Waals surface area contributed by atoms with Gasteiger partial charge in [-0.1, -0.05) is 18.6 Å². The molecule has 1 aromatic rings. The number of amides is 2. The molecule has 9 heteroatoms. The van der Waals surface area contributed by atoms with Gasteiger partial charge in [0.1, 0.15) is 5.75 Å². The normalized spacial score (nSPS) is 14.5. The quantitative estimate of drug-likeness (QED) is 0.185. The molecule has 0 saturated carbocycles. The number of nitrogens with zero attached hydrogens (tertiary/aromatic N) is 2. The van der Waals surface area contributed by atoms with Crippen LogP contribution in [-0.2, 0) is 16.1 Å². The van der Waals surface area contributed by atoms with E-state index in [1.807, 2.05) is 30.0 Å². The highest BCUT2D eigenvalue weighted by Gasteiger charge is 2.15. The van der Waals surface area contributed by atoms with Crippen molar-refractivity contribution in [3.8, 4) is 5.75 Å². The van der Waals surface area contributed by atoms with Gasteiger partial charge in [0.15, 0.2) is 12.6 Å². The summed E-state index contributed by atoms with van der Waals surface area (Å²) in [5.41, 5.74) is 6.08. The zero-order valence-corrected chi connectivity index (χ0v) is 20.0. The van der Waals surface area contributed by atoms with Crippen molar-refractivity contribution in [2.75, 3.05) is 32.8 Å². The molecule has 2 rings (SSSR count). The number of primary amides is 1. The van der Waals surface area contributed by atoms with Gasteiger partial charge < -0.3 is 26.0 Å². The molecule has 0 bridgehead atoms. The predicted molar refractivity (Wildman–Crippen MR) is 129 cm³/mol. The van der Waals surface area contributed by atoms with Crippen molar-refractivity contribution in [2.24, 2.45) is 10.7 Å². The largest absolute Gasteiger partial charge is 0.484 e. The van der Waals surface area contributed by atoms with Crippen LogP contribution < -0.4 is 21.1 Å². The molecule has 1 aromatic carbocycles. The van der Waals surface area contributed by atoms with Crippen LogP contribution in [0.3, 0.4) is 0 Å². The predicted octanol–water partition coefficient (Wildman–Crippen LogP) is 2.02. The highest BCUT2D eigenvalue weighted by molar-refractivity contribution is 14.0. The van der Waals surface area contributed by atoms with Gasteiger partial charge in [0.2, 0.25) is 5.91 Å². The van der Waals surface area contributed by atoms with E-state index in [1.165, 1.54) is 0 Å². The van der Waals surface area contributed by atoms with E-state index in [0.717, 1.165) is 63.4 Å². The van der Waals surface area contributed by atoms with E-state index in [4.69, 9.17) is 10.5 Å². The topological polar surface area (TPSA) is 109 Å². The summed E-state index contributed by atoms with van der Waals surface area (Å²) < 4.78 is 5.33. The lowest BCUT2D eigenvalue weighted by molar-refractivity contribution is -0.130. The molecule has 1 heterocycles. The highest BCUT2D eigenvalue weighted by Crippen LogP contribution is 2.14. The number of halogens is 1. The van der Waals surface area contributed by atoms with E-state index in [1.54, 1.807) is 6.07 Å². The third-order valence-electron chi connectivity index (χ3n) is 4.61. The number of likely N-dealkylation sites (tertiary alicyclic amines) is 1. The van der Waals surface area contributed by atoms with E-state index in [9.17, 15) is 9.59 Å². The third-order valence-corrected chi connectivity index (χ3v) is 4.61. The van der Waals surface area contributed by atoms with E-state index in [2.05, 4.69) is 15.6 Å². The van der Waals surface area contributed by atoms with Gasteiger partial charge in [0.05, 0.1) is 6.54 Å². The Balaban J connectivity index is 0.00000450. The Bertz CT molecular complexity index is 699. The zero-order chi connectivity index (χ0) is 20.9. The molecular weight excluding hydrogens is 497 g/mol. The van der Waals surface area contributed by atoms with Crippen molar-refractivity contribution < 1.29 is 14.3 Å². The first-order chi connectivity index (χ1) is 14.1. The number of rotatable bonds is 10. The Morgan fingerprint density at radius 2 is 2.10 bits per heavy atom. The van der Waals surface area contributed by atoms with Crippen LogP contribution in [-0.4, -0.2) is 55.5 Å². The molecule has 0 atom stereocenters. The molecule has 1 aliphatic heterocycles. The number of hydrogen-bond acceptors (Lipinski definition) is 4. The fourth-order valence-electron chi connectivity index (χ4n) is 3.15. The van der Waals surface area contributed by atoms with Crippen LogP contribution in [0.1, 0.15) is 44.6 Å². The third kappa shape index (κ3) is 10.1. The Hall–Kier alpha value is -2.04. The fourth-order valence-corrected chi connectivity index (χ4v) is 3.15. The van der Waals surface area contributed by atoms with Crippen LogP contribution in [0, 0.1) is 0 Å². The van der Waals surface area contributed by atoms with Crippen molar-refractivity contribution in [1.82, 2.24) is 15.5 Å². The maximum absolute atomic E-state index is 12.0. The second-order valence-electron chi connectivity index (χ2n) is 7.07. The van der Waals surface area contributed by atoms with Gasteiger partial charge in [-0.25, -0.2) is 4.99 Å². The maximum atomic E-state index is 12.0. The highest BCUT2D eigenvalue weighted by atomic mass is 127. The number of nitrogens with one attached hydrogen (secondary N) is 2. The summed E-state index contributed by atoms with van der Waals surface area (Å²) in [5.74, 6) is 1.10. The van der Waals surface area contributed by atoms with Gasteiger partial charge >= 0.3 is 0 Å². The second kappa shape index (κ2) is 14.9. The average Bonchev–Trinajstić information content (AvgIpc) is 2.92. The lowest BCUT2D eigenvalue weighted by Crippen LogP contribution is -2.39. The molecule has 0 aliphatic carbocycles. The lowest BCUT2D eigenvalue weighted by Gasteiger charge is -2.20. The summed E-state index contributed by atoms with van der Waals surface area (Å²) in [6.07, 6.45) is 4.82. The summed E-state index contributed by atoms with van der Waals surface area (Å²) >= 11 is 0. The van der Waals surface area contributed by atoms with Crippen LogP contribution in [0.4, 0.5) is 0 Å². The molecule has 0 radical (unpaired) electrons. The number of ether oxygens (including phenoxy) is 1. The SMILES string of the molecule is CCNC(=NCc1cccc(OCC(N)=O)c1)NCCCN1CCCCCC1=O.I. The fraction of sp³-hybridized carbons (Fsp3) is 0.571. The van der Waals surface area contributed by atoms with Crippen LogP contribution in [0.15, 0.2) is 29.3 Å². The smallest absolute Gasteiger partial charge is 0.255 e. The summed E-state index contributed by atoms with van der Waals surface area (Å²) in [7, 11) is 0. The molecule has 0 unspecified atom stereocenters. The van der Waals surface area contributed by atoms with Gasteiger partial charge in [-0.15, -0.1) is 24.0 Å². The summed E-state index contributed by atoms with van der Waals surface area (Å²) in [4.78, 5) is 29.5. The first-order valence-electron chi connectivity index (χ1n) is 10.4. The number of hydrogen-bond donors (Lipinski definition) is 3. The molecule has 8 nitrogen and oxygen atoms in total. The van der Waals surface area contributed by atoms with E-state index < -0.39 is 5.91 Å². The van der Waals surface area contributed by atoms with E-state index in [0.29, 0.717) is 18.7 Å². The van der Waals surface area contributed by atoms with Gasteiger partial charge in [0.25, 0.3) is 5.91 Å². The number of nitrogens with two attached hydrogens (primary N) is 1. The molecule has 168 valence electrons. The van der Waals surface area contributed by atoms with Crippen molar-refractivity contribution in [3.63, 3.8) is 0 Å². The minimum Gasteiger partial charge on any atom is -0.484 e. The number of benzene rings is 1. The first kappa shape index (κ1) is 26.0. The molecule has 4 N–H and O–H groups in total. The standard InChI is InChI=1S/C21H33N5O3.HI/c1-2-23-21(24-11-7-13-26-12-5-3-4-10-20(26)28)25-15-17-8-6-9-18(14-17)29-16-19(22)27;/h6,8-9,14H,2-5,7,10-13,15-16H2,1H3,(H2,22,27)(H2,23,24,25);1H. The van der Waals surface area contributed by atoms with Gasteiger partial charge in [0, 0.05) is 32.6 Å². The Morgan fingerprint density at radius 1 is 1.27 bits per heavy atom. The molecule has 0 aromatic heterocycles. The van der Waals surface area contributed by atoms with Crippen LogP contribution >= 0.6 is 24.0 Å². The molecule has 1 saturated heterocycles. The van der Waals surface area contributed by atoms with Gasteiger partial charge in [-0.2, -0.15) is 0 Å². The van der Waals surface area contributed by atoms with Crippen molar-refractivity contribution in [1.29, 1.82) is 0 Å². The average molecular weight is 531 g/mol. The molecule has 30 heavy (non-hydrogen) atoms. The van der Waals surface area contributed by atoms with E-state index >= 15 is 0 Å². The molecular formula is C21H34IN5O3.